The Morgan fingerprint density at radius 1 is 1.26 bits per heavy atom. The van der Waals surface area contributed by atoms with Crippen molar-refractivity contribution in [2.75, 3.05) is 6.54 Å². The highest BCUT2D eigenvalue weighted by Gasteiger charge is 2.35. The molecule has 1 unspecified atom stereocenters. The zero-order valence-electron chi connectivity index (χ0n) is 13.9. The summed E-state index contributed by atoms with van der Waals surface area (Å²) in [7, 11) is 0. The maximum Gasteiger partial charge on any atom is 0.416 e. The van der Waals surface area contributed by atoms with E-state index < -0.39 is 11.7 Å². The Balaban J connectivity index is 1.47. The molecule has 0 aliphatic carbocycles. The van der Waals surface area contributed by atoms with Gasteiger partial charge in [0.15, 0.2) is 5.82 Å². The van der Waals surface area contributed by atoms with Crippen molar-refractivity contribution in [1.82, 2.24) is 15.0 Å². The summed E-state index contributed by atoms with van der Waals surface area (Å²) >= 11 is 1.47. The molecule has 1 fully saturated rings. The molecule has 4 rings (SSSR count). The van der Waals surface area contributed by atoms with Gasteiger partial charge in [-0.25, -0.2) is 0 Å². The number of carbonyl (C=O) groups is 1. The molecule has 3 aromatic rings. The van der Waals surface area contributed by atoms with Crippen LogP contribution in [-0.2, 0) is 17.5 Å². The van der Waals surface area contributed by atoms with Crippen molar-refractivity contribution in [3.8, 4) is 10.8 Å². The highest BCUT2D eigenvalue weighted by molar-refractivity contribution is 7.13. The van der Waals surface area contributed by atoms with Gasteiger partial charge in [-0.3, -0.25) is 4.79 Å². The van der Waals surface area contributed by atoms with Gasteiger partial charge >= 0.3 is 6.18 Å². The Hall–Kier alpha value is -2.68. The van der Waals surface area contributed by atoms with Gasteiger partial charge in [0.1, 0.15) is 0 Å². The van der Waals surface area contributed by atoms with Crippen LogP contribution in [0, 0.1) is 0 Å². The second-order valence-corrected chi connectivity index (χ2v) is 7.26. The summed E-state index contributed by atoms with van der Waals surface area (Å²) in [6, 6.07) is 8.76. The first kappa shape index (κ1) is 17.7. The van der Waals surface area contributed by atoms with Gasteiger partial charge in [-0.1, -0.05) is 23.4 Å². The molecule has 3 heterocycles. The number of aromatic nitrogens is 2. The van der Waals surface area contributed by atoms with E-state index in [4.69, 9.17) is 4.52 Å². The number of thiophene rings is 1. The van der Waals surface area contributed by atoms with Crippen molar-refractivity contribution >= 4 is 17.2 Å². The molecule has 0 radical (unpaired) electrons. The Morgan fingerprint density at radius 3 is 2.85 bits per heavy atom. The minimum absolute atomic E-state index is 0.120. The molecule has 27 heavy (non-hydrogen) atoms. The monoisotopic (exact) mass is 393 g/mol. The maximum absolute atomic E-state index is 12.9. The Morgan fingerprint density at radius 2 is 2.11 bits per heavy atom. The van der Waals surface area contributed by atoms with Gasteiger partial charge in [0.05, 0.1) is 10.4 Å². The van der Waals surface area contributed by atoms with E-state index in [0.717, 1.165) is 17.0 Å². The summed E-state index contributed by atoms with van der Waals surface area (Å²) < 4.78 is 43.8. The quantitative estimate of drug-likeness (QED) is 0.662. The molecule has 9 heteroatoms. The molecule has 2 aromatic heterocycles. The molecule has 1 aromatic carbocycles. The summed E-state index contributed by atoms with van der Waals surface area (Å²) in [5, 5.41) is 5.87. The van der Waals surface area contributed by atoms with Gasteiger partial charge in [-0.2, -0.15) is 18.2 Å². The molecule has 1 aliphatic heterocycles. The molecule has 0 bridgehead atoms. The van der Waals surface area contributed by atoms with E-state index in [1.54, 1.807) is 6.07 Å². The van der Waals surface area contributed by atoms with Crippen LogP contribution in [0.2, 0.25) is 0 Å². The highest BCUT2D eigenvalue weighted by Crippen LogP contribution is 2.32. The van der Waals surface area contributed by atoms with E-state index in [1.807, 2.05) is 17.5 Å². The van der Waals surface area contributed by atoms with Crippen LogP contribution in [0.3, 0.4) is 0 Å². The first-order chi connectivity index (χ1) is 12.9. The highest BCUT2D eigenvalue weighted by atomic mass is 32.1. The number of alkyl halides is 3. The molecule has 1 aliphatic rings. The Bertz CT molecular complexity index is 953. The number of halogens is 3. The van der Waals surface area contributed by atoms with E-state index in [1.165, 1.54) is 22.3 Å². The number of likely N-dealkylation sites (tertiary alicyclic amines) is 1. The van der Waals surface area contributed by atoms with Crippen LogP contribution in [0.5, 0.6) is 0 Å². The molecular weight excluding hydrogens is 379 g/mol. The van der Waals surface area contributed by atoms with Gasteiger partial charge in [0.2, 0.25) is 5.91 Å². The van der Waals surface area contributed by atoms with Crippen molar-refractivity contribution in [1.29, 1.82) is 0 Å². The average molecular weight is 393 g/mol. The normalized spacial score (nSPS) is 17.7. The SMILES string of the molecule is O=C1CC(c2noc(-c3cccs3)n2)CN1Cc1cccc(C(F)(F)F)c1. The lowest BCUT2D eigenvalue weighted by atomic mass is 10.1. The number of rotatable bonds is 4. The molecule has 1 amide bonds. The van der Waals surface area contributed by atoms with E-state index in [2.05, 4.69) is 10.1 Å². The predicted octanol–water partition coefficient (Wildman–Crippen LogP) is 4.33. The van der Waals surface area contributed by atoms with Crippen molar-refractivity contribution in [3.63, 3.8) is 0 Å². The smallest absolute Gasteiger partial charge is 0.338 e. The fourth-order valence-electron chi connectivity index (χ4n) is 3.07. The molecular formula is C18H14F3N3O2S. The summed E-state index contributed by atoms with van der Waals surface area (Å²) in [4.78, 5) is 19.0. The van der Waals surface area contributed by atoms with Crippen molar-refractivity contribution in [2.45, 2.75) is 25.1 Å². The lowest BCUT2D eigenvalue weighted by molar-refractivity contribution is -0.137. The minimum atomic E-state index is -4.41. The third-order valence-electron chi connectivity index (χ3n) is 4.38. The van der Waals surface area contributed by atoms with E-state index >= 15 is 0 Å². The number of hydrogen-bond donors (Lipinski definition) is 0. The summed E-state index contributed by atoms with van der Waals surface area (Å²) in [5.74, 6) is 0.475. The van der Waals surface area contributed by atoms with Gasteiger partial charge in [0.25, 0.3) is 5.89 Å². The first-order valence-electron chi connectivity index (χ1n) is 8.21. The van der Waals surface area contributed by atoms with E-state index in [-0.39, 0.29) is 24.8 Å². The molecule has 0 saturated carbocycles. The number of amides is 1. The predicted molar refractivity (Wildman–Crippen MR) is 91.8 cm³/mol. The second-order valence-electron chi connectivity index (χ2n) is 6.31. The number of hydrogen-bond acceptors (Lipinski definition) is 5. The largest absolute Gasteiger partial charge is 0.416 e. The number of carbonyl (C=O) groups excluding carboxylic acids is 1. The molecule has 5 nitrogen and oxygen atoms in total. The van der Waals surface area contributed by atoms with Crippen molar-refractivity contribution < 1.29 is 22.5 Å². The zero-order chi connectivity index (χ0) is 19.0. The second kappa shape index (κ2) is 6.80. The minimum Gasteiger partial charge on any atom is -0.338 e. The van der Waals surface area contributed by atoms with E-state index in [9.17, 15) is 18.0 Å². The molecule has 0 spiro atoms. The van der Waals surface area contributed by atoms with E-state index in [0.29, 0.717) is 23.8 Å². The number of benzene rings is 1. The Kier molecular flexibility index (Phi) is 4.47. The molecule has 1 saturated heterocycles. The Labute approximate surface area is 156 Å². The first-order valence-corrected chi connectivity index (χ1v) is 9.09. The molecule has 140 valence electrons. The number of nitrogens with zero attached hydrogens (tertiary/aromatic N) is 3. The third-order valence-corrected chi connectivity index (χ3v) is 5.24. The molecule has 1 atom stereocenters. The van der Waals surface area contributed by atoms with Crippen molar-refractivity contribution in [3.05, 3.63) is 58.7 Å². The van der Waals surface area contributed by atoms with Crippen LogP contribution in [0.25, 0.3) is 10.8 Å². The summed E-state index contributed by atoms with van der Waals surface area (Å²) in [6.07, 6.45) is -4.20. The average Bonchev–Trinajstić information content (AvgIpc) is 3.35. The lowest BCUT2D eigenvalue weighted by Gasteiger charge is -2.17. The topological polar surface area (TPSA) is 59.2 Å². The zero-order valence-corrected chi connectivity index (χ0v) is 14.8. The van der Waals surface area contributed by atoms with Gasteiger partial charge in [-0.15, -0.1) is 11.3 Å². The maximum atomic E-state index is 12.9. The van der Waals surface area contributed by atoms with Crippen LogP contribution in [0.1, 0.15) is 29.3 Å². The fraction of sp³-hybridized carbons (Fsp3) is 0.278. The summed E-state index contributed by atoms with van der Waals surface area (Å²) in [6.45, 7) is 0.466. The summed E-state index contributed by atoms with van der Waals surface area (Å²) in [5.41, 5.74) is -0.284. The van der Waals surface area contributed by atoms with Gasteiger partial charge < -0.3 is 9.42 Å². The van der Waals surface area contributed by atoms with Crippen LogP contribution in [0.4, 0.5) is 13.2 Å². The van der Waals surface area contributed by atoms with Crippen molar-refractivity contribution in [2.24, 2.45) is 0 Å². The lowest BCUT2D eigenvalue weighted by Crippen LogP contribution is -2.24. The van der Waals surface area contributed by atoms with Crippen LogP contribution in [0.15, 0.2) is 46.3 Å². The van der Waals surface area contributed by atoms with Crippen LogP contribution in [-0.4, -0.2) is 27.5 Å². The van der Waals surface area contributed by atoms with Gasteiger partial charge in [0, 0.05) is 25.4 Å². The fourth-order valence-corrected chi connectivity index (χ4v) is 3.71. The van der Waals surface area contributed by atoms with Crippen LogP contribution < -0.4 is 0 Å². The van der Waals surface area contributed by atoms with Crippen LogP contribution >= 0.6 is 11.3 Å². The van der Waals surface area contributed by atoms with Gasteiger partial charge in [-0.05, 0) is 29.1 Å². The third kappa shape index (κ3) is 3.73. The standard InChI is InChI=1S/C18H14F3N3O2S/c19-18(20,21)13-4-1-3-11(7-13)9-24-10-12(8-15(24)25)16-22-17(26-23-16)14-5-2-6-27-14/h1-7,12H,8-10H2. The molecule has 0 N–H and O–H groups in total.